The molecule has 1 aromatic heterocycles. The van der Waals surface area contributed by atoms with Crippen molar-refractivity contribution < 1.29 is 5.11 Å². The van der Waals surface area contributed by atoms with E-state index in [1.165, 1.54) is 20.3 Å². The second-order valence-corrected chi connectivity index (χ2v) is 4.28. The van der Waals surface area contributed by atoms with Crippen LogP contribution in [0.1, 0.15) is 5.56 Å². The SMILES string of the molecule is CN(C)CCN=Cc1c(O)n(C)c(=O)n(C)c1=O. The molecule has 0 aromatic carbocycles. The lowest BCUT2D eigenvalue weighted by atomic mass is 10.3. The molecule has 0 saturated heterocycles. The van der Waals surface area contributed by atoms with Gasteiger partial charge in [-0.3, -0.25) is 18.9 Å². The summed E-state index contributed by atoms with van der Waals surface area (Å²) >= 11 is 0. The normalized spacial score (nSPS) is 11.6. The molecule has 0 spiro atoms. The highest BCUT2D eigenvalue weighted by atomic mass is 16.3. The number of hydrogen-bond acceptors (Lipinski definition) is 5. The van der Waals surface area contributed by atoms with E-state index in [-0.39, 0.29) is 11.4 Å². The van der Waals surface area contributed by atoms with Crippen LogP contribution < -0.4 is 11.2 Å². The number of rotatable bonds is 4. The van der Waals surface area contributed by atoms with Gasteiger partial charge in [0.1, 0.15) is 5.56 Å². The third-order valence-corrected chi connectivity index (χ3v) is 2.56. The van der Waals surface area contributed by atoms with Gasteiger partial charge in [0.2, 0.25) is 5.88 Å². The molecule has 0 atom stereocenters. The van der Waals surface area contributed by atoms with Crippen LogP contribution in [0.3, 0.4) is 0 Å². The zero-order valence-electron chi connectivity index (χ0n) is 11.0. The number of likely N-dealkylation sites (N-methyl/N-ethyl adjacent to an activating group) is 1. The van der Waals surface area contributed by atoms with Crippen LogP contribution in [-0.4, -0.2) is 52.5 Å². The van der Waals surface area contributed by atoms with Gasteiger partial charge < -0.3 is 10.0 Å². The first-order chi connectivity index (χ1) is 8.36. The standard InChI is InChI=1S/C11H18N4O3/c1-13(2)6-5-12-7-8-9(16)14(3)11(18)15(4)10(8)17/h7,16H,5-6H2,1-4H3. The largest absolute Gasteiger partial charge is 0.494 e. The van der Waals surface area contributed by atoms with Crippen LogP contribution in [0, 0.1) is 0 Å². The van der Waals surface area contributed by atoms with E-state index in [1.54, 1.807) is 0 Å². The molecule has 100 valence electrons. The van der Waals surface area contributed by atoms with Gasteiger partial charge in [0.25, 0.3) is 5.56 Å². The first kappa shape index (κ1) is 14.2. The predicted octanol–water partition coefficient (Wildman–Crippen LogP) is -1.23. The van der Waals surface area contributed by atoms with E-state index in [1.807, 2.05) is 19.0 Å². The van der Waals surface area contributed by atoms with Crippen LogP contribution in [0.5, 0.6) is 5.88 Å². The highest BCUT2D eigenvalue weighted by Gasteiger charge is 2.12. The van der Waals surface area contributed by atoms with Gasteiger partial charge in [0.15, 0.2) is 0 Å². The number of aliphatic imine (C=N–C) groups is 1. The monoisotopic (exact) mass is 254 g/mol. The summed E-state index contributed by atoms with van der Waals surface area (Å²) in [5.41, 5.74) is -1.09. The molecule has 0 amide bonds. The van der Waals surface area contributed by atoms with Gasteiger partial charge in [-0.15, -0.1) is 0 Å². The second kappa shape index (κ2) is 5.63. The molecule has 1 heterocycles. The molecule has 0 aliphatic rings. The van der Waals surface area contributed by atoms with Gasteiger partial charge in [-0.2, -0.15) is 0 Å². The minimum Gasteiger partial charge on any atom is -0.494 e. The van der Waals surface area contributed by atoms with Gasteiger partial charge in [-0.05, 0) is 14.1 Å². The average molecular weight is 254 g/mol. The van der Waals surface area contributed by atoms with E-state index in [2.05, 4.69) is 4.99 Å². The van der Waals surface area contributed by atoms with Crippen molar-refractivity contribution in [3.8, 4) is 5.88 Å². The Balaban J connectivity index is 3.11. The van der Waals surface area contributed by atoms with E-state index < -0.39 is 11.2 Å². The van der Waals surface area contributed by atoms with E-state index in [0.717, 1.165) is 15.7 Å². The molecule has 18 heavy (non-hydrogen) atoms. The molecule has 1 aromatic rings. The van der Waals surface area contributed by atoms with Crippen LogP contribution in [0.4, 0.5) is 0 Å². The Labute approximate surface area is 105 Å². The molecule has 0 aliphatic carbocycles. The molecule has 0 fully saturated rings. The van der Waals surface area contributed by atoms with Crippen LogP contribution >= 0.6 is 0 Å². The Bertz CT molecular complexity index is 569. The molecule has 7 heteroatoms. The maximum atomic E-state index is 11.8. The van der Waals surface area contributed by atoms with Gasteiger partial charge >= 0.3 is 5.69 Å². The molecule has 0 radical (unpaired) electrons. The Morgan fingerprint density at radius 1 is 1.28 bits per heavy atom. The summed E-state index contributed by atoms with van der Waals surface area (Å²) in [6, 6.07) is 0. The topological polar surface area (TPSA) is 79.8 Å². The summed E-state index contributed by atoms with van der Waals surface area (Å²) in [6.07, 6.45) is 1.31. The molecule has 0 aliphatic heterocycles. The van der Waals surface area contributed by atoms with E-state index >= 15 is 0 Å². The van der Waals surface area contributed by atoms with E-state index in [4.69, 9.17) is 0 Å². The fourth-order valence-electron chi connectivity index (χ4n) is 1.39. The van der Waals surface area contributed by atoms with Crippen molar-refractivity contribution in [1.29, 1.82) is 0 Å². The Hall–Kier alpha value is -1.89. The van der Waals surface area contributed by atoms with Gasteiger partial charge in [0.05, 0.1) is 6.54 Å². The van der Waals surface area contributed by atoms with Gasteiger partial charge in [-0.25, -0.2) is 4.79 Å². The zero-order valence-corrected chi connectivity index (χ0v) is 11.0. The van der Waals surface area contributed by atoms with Crippen molar-refractivity contribution >= 4 is 6.21 Å². The first-order valence-electron chi connectivity index (χ1n) is 5.49. The number of hydrogen-bond donors (Lipinski definition) is 1. The highest BCUT2D eigenvalue weighted by molar-refractivity contribution is 5.81. The summed E-state index contributed by atoms with van der Waals surface area (Å²) in [5, 5.41) is 9.74. The summed E-state index contributed by atoms with van der Waals surface area (Å²) in [7, 11) is 6.59. The van der Waals surface area contributed by atoms with Crippen molar-refractivity contribution in [2.45, 2.75) is 0 Å². The maximum Gasteiger partial charge on any atom is 0.333 e. The lowest BCUT2D eigenvalue weighted by molar-refractivity contribution is 0.410. The van der Waals surface area contributed by atoms with Crippen molar-refractivity contribution in [2.75, 3.05) is 27.2 Å². The Kier molecular flexibility index (Phi) is 4.43. The highest BCUT2D eigenvalue weighted by Crippen LogP contribution is 2.05. The van der Waals surface area contributed by atoms with Crippen LogP contribution in [0.2, 0.25) is 0 Å². The number of aromatic hydroxyl groups is 1. The predicted molar refractivity (Wildman–Crippen MR) is 69.6 cm³/mol. The van der Waals surface area contributed by atoms with Crippen molar-refractivity contribution in [3.63, 3.8) is 0 Å². The average Bonchev–Trinajstić information content (AvgIpc) is 2.32. The quantitative estimate of drug-likeness (QED) is 0.682. The fraction of sp³-hybridized carbons (Fsp3) is 0.545. The molecule has 7 nitrogen and oxygen atoms in total. The molecule has 1 rings (SSSR count). The summed E-state index contributed by atoms with van der Waals surface area (Å²) in [6.45, 7) is 1.25. The molecule has 0 saturated carbocycles. The minimum atomic E-state index is -0.567. The first-order valence-corrected chi connectivity index (χ1v) is 5.49. The Morgan fingerprint density at radius 3 is 2.44 bits per heavy atom. The third kappa shape index (κ3) is 2.86. The van der Waals surface area contributed by atoms with Gasteiger partial charge in [-0.1, -0.05) is 0 Å². The lowest BCUT2D eigenvalue weighted by Crippen LogP contribution is -2.38. The smallest absolute Gasteiger partial charge is 0.333 e. The van der Waals surface area contributed by atoms with Crippen LogP contribution in [0.15, 0.2) is 14.6 Å². The second-order valence-electron chi connectivity index (χ2n) is 4.28. The zero-order chi connectivity index (χ0) is 13.9. The Morgan fingerprint density at radius 2 is 1.89 bits per heavy atom. The summed E-state index contributed by atoms with van der Waals surface area (Å²) < 4.78 is 1.95. The summed E-state index contributed by atoms with van der Waals surface area (Å²) in [4.78, 5) is 29.3. The molecule has 0 bridgehead atoms. The summed E-state index contributed by atoms with van der Waals surface area (Å²) in [5.74, 6) is -0.364. The lowest BCUT2D eigenvalue weighted by Gasteiger charge is -2.08. The molecule has 0 unspecified atom stereocenters. The van der Waals surface area contributed by atoms with Crippen molar-refractivity contribution in [2.24, 2.45) is 19.1 Å². The number of nitrogens with zero attached hydrogens (tertiary/aromatic N) is 4. The number of aromatic nitrogens is 2. The minimum absolute atomic E-state index is 0.0263. The van der Waals surface area contributed by atoms with Crippen molar-refractivity contribution in [1.82, 2.24) is 14.0 Å². The van der Waals surface area contributed by atoms with Crippen molar-refractivity contribution in [3.05, 3.63) is 26.4 Å². The van der Waals surface area contributed by atoms with Crippen LogP contribution in [0.25, 0.3) is 0 Å². The maximum absolute atomic E-state index is 11.8. The van der Waals surface area contributed by atoms with Crippen LogP contribution in [-0.2, 0) is 14.1 Å². The van der Waals surface area contributed by atoms with E-state index in [0.29, 0.717) is 6.54 Å². The molecular weight excluding hydrogens is 236 g/mol. The van der Waals surface area contributed by atoms with Gasteiger partial charge in [0, 0.05) is 26.9 Å². The fourth-order valence-corrected chi connectivity index (χ4v) is 1.39. The molecule has 1 N–H and O–H groups in total. The van der Waals surface area contributed by atoms with E-state index in [9.17, 15) is 14.7 Å². The molecular formula is C11H18N4O3. The third-order valence-electron chi connectivity index (χ3n) is 2.56.